The average Bonchev–Trinajstić information content (AvgIpc) is 3.70. The third-order valence-electron chi connectivity index (χ3n) is 16.4. The molecular formula is C51H62Cl2Zr. The molecule has 0 nitrogen and oxygen atoms in total. The molecule has 0 radical (unpaired) electrons. The molecule has 1 unspecified atom stereocenters. The summed E-state index contributed by atoms with van der Waals surface area (Å²) in [6.07, 6.45) is 16.5. The van der Waals surface area contributed by atoms with Crippen LogP contribution in [-0.2, 0) is 35.5 Å². The summed E-state index contributed by atoms with van der Waals surface area (Å²) in [4.78, 5) is 0. The van der Waals surface area contributed by atoms with E-state index in [4.69, 9.17) is 4.21 Å². The topological polar surface area (TPSA) is 0 Å². The summed E-state index contributed by atoms with van der Waals surface area (Å²) in [5.74, 6) is 3.41. The fourth-order valence-corrected chi connectivity index (χ4v) is 33.6. The number of fused-ring (bicyclic) bond motifs is 5. The summed E-state index contributed by atoms with van der Waals surface area (Å²) in [5.41, 5.74) is 18.7. The molecule has 0 saturated heterocycles. The predicted molar refractivity (Wildman–Crippen MR) is 236 cm³/mol. The summed E-state index contributed by atoms with van der Waals surface area (Å²) in [6, 6.07) is 22.1. The van der Waals surface area contributed by atoms with Crippen molar-refractivity contribution in [2.45, 2.75) is 122 Å². The van der Waals surface area contributed by atoms with Crippen molar-refractivity contribution in [1.82, 2.24) is 0 Å². The van der Waals surface area contributed by atoms with Crippen LogP contribution in [0.15, 0.2) is 84.5 Å². The van der Waals surface area contributed by atoms with Gasteiger partial charge in [0.05, 0.1) is 0 Å². The van der Waals surface area contributed by atoms with Crippen molar-refractivity contribution in [2.75, 3.05) is 0 Å². The van der Waals surface area contributed by atoms with Gasteiger partial charge in [-0.2, -0.15) is 0 Å². The number of halogens is 2. The Balaban J connectivity index is 0.00000207. The Morgan fingerprint density at radius 3 is 1.87 bits per heavy atom. The normalized spacial score (nSPS) is 29.3. The molecule has 4 saturated carbocycles. The van der Waals surface area contributed by atoms with Crippen LogP contribution in [0.4, 0.5) is 0 Å². The van der Waals surface area contributed by atoms with E-state index in [-0.39, 0.29) is 35.6 Å². The van der Waals surface area contributed by atoms with Gasteiger partial charge in [-0.05, 0) is 0 Å². The zero-order valence-electron chi connectivity index (χ0n) is 34.3. The standard InChI is InChI=1S/C25H25.C18H25.C6H5.CH3.CH2.2ClH.Zr/c1-14-12-24(3,4)22-8-16-7-17-9-23-19(15(2)13-25(23,5)6)11-21(17)20(16)10-18(14)22;1-12-3-13(2)17(4-12)11-18-8-14-5-15(9-18)7-16(6-14)10-18;1-2-4-6-5-3-1;;;;;/h8-12H,7H2,1-6H3;4,12,14-16H,5-11H2,1-2H3;1-5H;1H3;1H2;2*1H;. The molecule has 8 aliphatic carbocycles. The third kappa shape index (κ3) is 5.12. The van der Waals surface area contributed by atoms with E-state index in [0.29, 0.717) is 11.3 Å². The zero-order valence-corrected chi connectivity index (χ0v) is 38.4. The molecule has 11 rings (SSSR count). The fourth-order valence-electron chi connectivity index (χ4n) is 15.3. The van der Waals surface area contributed by atoms with Gasteiger partial charge < -0.3 is 0 Å². The van der Waals surface area contributed by atoms with Crippen LogP contribution in [0.2, 0.25) is 4.63 Å². The molecule has 0 aromatic heterocycles. The second-order valence-corrected chi connectivity index (χ2v) is 34.8. The Kier molecular flexibility index (Phi) is 8.79. The van der Waals surface area contributed by atoms with E-state index in [0.717, 1.165) is 24.2 Å². The van der Waals surface area contributed by atoms with Crippen LogP contribution in [0.5, 0.6) is 0 Å². The van der Waals surface area contributed by atoms with E-state index < -0.39 is 18.3 Å². The molecule has 0 spiro atoms. The third-order valence-corrected chi connectivity index (χ3v) is 32.5. The molecule has 0 aliphatic heterocycles. The van der Waals surface area contributed by atoms with Crippen molar-refractivity contribution in [3.8, 4) is 11.1 Å². The second-order valence-electron chi connectivity index (χ2n) is 20.9. The van der Waals surface area contributed by atoms with Crippen molar-refractivity contribution < 1.29 is 18.3 Å². The zero-order chi connectivity index (χ0) is 36.4. The van der Waals surface area contributed by atoms with Crippen LogP contribution in [0, 0.1) is 29.1 Å². The van der Waals surface area contributed by atoms with Gasteiger partial charge in [-0.3, -0.25) is 0 Å². The second kappa shape index (κ2) is 12.2. The van der Waals surface area contributed by atoms with Gasteiger partial charge in [0.25, 0.3) is 0 Å². The molecule has 1 atom stereocenters. The van der Waals surface area contributed by atoms with E-state index in [1.807, 2.05) is 0 Å². The molecule has 4 fully saturated rings. The molecule has 4 bridgehead atoms. The Hall–Kier alpha value is -2.05. The monoisotopic (exact) mass is 834 g/mol. The minimum absolute atomic E-state index is 0. The number of hydrogen-bond acceptors (Lipinski definition) is 0. The number of benzene rings is 3. The van der Waals surface area contributed by atoms with E-state index in [2.05, 4.69) is 127 Å². The van der Waals surface area contributed by atoms with E-state index >= 15 is 0 Å². The van der Waals surface area contributed by atoms with Crippen molar-refractivity contribution in [3.63, 3.8) is 0 Å². The molecule has 3 aromatic rings. The minimum atomic E-state index is -4.46. The first-order valence-electron chi connectivity index (χ1n) is 20.8. The SMILES string of the molecule is Cl.Cl.[CH2]=[Zr]([CH3])([C]1=C(C)C(CC23CC4CC(CC(C4)C2)C3)=CC1C)([C]1=C(C)c2cc3c(cc2C1(C)C)Cc1cc2c(cc1-3)C(C)=CC2(C)C)[c]1ccccc1. The Bertz CT molecular complexity index is 2300. The number of rotatable bonds is 5. The Morgan fingerprint density at radius 1 is 0.722 bits per heavy atom. The van der Waals surface area contributed by atoms with Gasteiger partial charge in [-0.15, -0.1) is 24.8 Å². The maximum absolute atomic E-state index is 5.76. The van der Waals surface area contributed by atoms with Crippen LogP contribution in [0.3, 0.4) is 0 Å². The predicted octanol–water partition coefficient (Wildman–Crippen LogP) is 13.8. The van der Waals surface area contributed by atoms with Crippen LogP contribution in [0.1, 0.15) is 134 Å². The fraction of sp³-hybridized carbons (Fsp3) is 0.471. The summed E-state index contributed by atoms with van der Waals surface area (Å²) in [5, 5.41) is 0. The summed E-state index contributed by atoms with van der Waals surface area (Å²) >= 11 is -4.46. The van der Waals surface area contributed by atoms with Gasteiger partial charge in [0.1, 0.15) is 0 Å². The Morgan fingerprint density at radius 2 is 1.28 bits per heavy atom. The molecule has 0 amide bonds. The summed E-state index contributed by atoms with van der Waals surface area (Å²) in [7, 11) is 0. The van der Waals surface area contributed by atoms with Gasteiger partial charge in [0, 0.05) is 0 Å². The molecule has 0 heterocycles. The van der Waals surface area contributed by atoms with Crippen molar-refractivity contribution in [3.05, 3.63) is 118 Å². The van der Waals surface area contributed by atoms with Gasteiger partial charge in [-0.1, -0.05) is 0 Å². The molecule has 8 aliphatic rings. The molecule has 3 heteroatoms. The van der Waals surface area contributed by atoms with E-state index in [1.165, 1.54) is 104 Å². The molecule has 284 valence electrons. The van der Waals surface area contributed by atoms with E-state index in [9.17, 15) is 0 Å². The van der Waals surface area contributed by atoms with Crippen LogP contribution in [0.25, 0.3) is 22.3 Å². The van der Waals surface area contributed by atoms with Crippen LogP contribution < -0.4 is 3.27 Å². The van der Waals surface area contributed by atoms with Gasteiger partial charge in [0.2, 0.25) is 0 Å². The quantitative estimate of drug-likeness (QED) is 0.188. The van der Waals surface area contributed by atoms with Crippen molar-refractivity contribution >= 4 is 43.4 Å². The first kappa shape index (κ1) is 38.8. The number of hydrogen-bond donors (Lipinski definition) is 0. The molecular weight excluding hydrogens is 775 g/mol. The van der Waals surface area contributed by atoms with Crippen LogP contribution in [-0.4, -0.2) is 4.21 Å². The van der Waals surface area contributed by atoms with Crippen LogP contribution >= 0.6 is 24.8 Å². The van der Waals surface area contributed by atoms with Crippen molar-refractivity contribution in [2.24, 2.45) is 29.1 Å². The van der Waals surface area contributed by atoms with Gasteiger partial charge in [0.15, 0.2) is 0 Å². The van der Waals surface area contributed by atoms with Crippen molar-refractivity contribution in [1.29, 1.82) is 0 Å². The first-order valence-corrected chi connectivity index (χ1v) is 28.7. The van der Waals surface area contributed by atoms with Gasteiger partial charge >= 0.3 is 317 Å². The Labute approximate surface area is 339 Å². The molecule has 3 aromatic carbocycles. The maximum atomic E-state index is 5.76. The average molecular weight is 837 g/mol. The first-order chi connectivity index (χ1) is 24.5. The van der Waals surface area contributed by atoms with Gasteiger partial charge in [-0.25, -0.2) is 0 Å². The molecule has 0 N–H and O–H groups in total. The molecule has 54 heavy (non-hydrogen) atoms. The summed E-state index contributed by atoms with van der Waals surface area (Å²) in [6.45, 7) is 19.7. The number of allylic oxidation sites excluding steroid dienone is 8. The van der Waals surface area contributed by atoms with E-state index in [1.54, 1.807) is 17.7 Å². The summed E-state index contributed by atoms with van der Waals surface area (Å²) < 4.78 is 13.4.